The smallest absolute Gasteiger partial charge is 0.137 e. The first kappa shape index (κ1) is 13.5. The van der Waals surface area contributed by atoms with Crippen molar-refractivity contribution in [2.75, 3.05) is 34.3 Å². The van der Waals surface area contributed by atoms with Gasteiger partial charge in [-0.2, -0.15) is 0 Å². The Hall–Kier alpha value is -1.55. The third-order valence-electron chi connectivity index (χ3n) is 2.14. The minimum atomic E-state index is -0.200. The normalized spacial score (nSPS) is 12.6. The maximum absolute atomic E-state index is 10.9. The van der Waals surface area contributed by atoms with E-state index in [1.54, 1.807) is 12.1 Å². The van der Waals surface area contributed by atoms with Crippen LogP contribution in [0.5, 0.6) is 5.75 Å². The van der Waals surface area contributed by atoms with Gasteiger partial charge >= 0.3 is 0 Å². The number of hydrogen-bond acceptors (Lipinski definition) is 3. The Kier molecular flexibility index (Phi) is 4.52. The number of likely N-dealkylation sites (N-methyl/N-ethyl adjacent to an activating group) is 1. The molecule has 0 saturated carbocycles. The second-order valence-electron chi connectivity index (χ2n) is 4.99. The van der Waals surface area contributed by atoms with E-state index in [2.05, 4.69) is 26.1 Å². The highest BCUT2D eigenvalue weighted by Crippen LogP contribution is 2.19. The minimum Gasteiger partial charge on any atom is -0.862 e. The first-order chi connectivity index (χ1) is 7.87. The number of rotatable bonds is 5. The zero-order valence-corrected chi connectivity index (χ0v) is 10.9. The third kappa shape index (κ3) is 5.92. The van der Waals surface area contributed by atoms with Crippen molar-refractivity contribution in [2.24, 2.45) is 4.99 Å². The van der Waals surface area contributed by atoms with Gasteiger partial charge in [0, 0.05) is 6.07 Å². The molecule has 0 fully saturated rings. The van der Waals surface area contributed by atoms with Crippen molar-refractivity contribution in [2.45, 2.75) is 6.92 Å². The average molecular weight is 236 g/mol. The molecule has 0 bridgehead atoms. The van der Waals surface area contributed by atoms with Gasteiger partial charge in [-0.3, -0.25) is 4.99 Å². The van der Waals surface area contributed by atoms with E-state index in [0.717, 1.165) is 16.8 Å². The van der Waals surface area contributed by atoms with E-state index >= 15 is 0 Å². The van der Waals surface area contributed by atoms with Crippen LogP contribution in [0, 0.1) is 0 Å². The second-order valence-corrected chi connectivity index (χ2v) is 4.99. The quantitative estimate of drug-likeness (QED) is 0.438. The number of nitrogens with zero attached hydrogens (tertiary/aromatic N) is 2. The molecule has 0 aliphatic carbocycles. The molecular weight excluding hydrogens is 216 g/mol. The van der Waals surface area contributed by atoms with Gasteiger partial charge < -0.3 is 14.3 Å². The van der Waals surface area contributed by atoms with Gasteiger partial charge in [0.1, 0.15) is 18.9 Å². The minimum absolute atomic E-state index is 0.200. The summed E-state index contributed by atoms with van der Waals surface area (Å²) in [7, 11) is 6.35. The molecule has 0 aromatic heterocycles. The van der Waals surface area contributed by atoms with Crippen LogP contribution < -0.4 is 9.84 Å². The van der Waals surface area contributed by atoms with Crippen LogP contribution in [-0.2, 0) is 0 Å². The molecular formula is C13H20N2O2. The average Bonchev–Trinajstić information content (AvgIpc) is 2.15. The molecule has 0 N–H and O–H groups in total. The largest absolute Gasteiger partial charge is 0.862 e. The number of ether oxygens (including phenoxy) is 1. The number of aliphatic imine (C=N–C) groups is 1. The molecule has 0 amide bonds. The molecule has 17 heavy (non-hydrogen) atoms. The first-order valence-corrected chi connectivity index (χ1v) is 5.62. The van der Waals surface area contributed by atoms with Crippen molar-refractivity contribution in [1.82, 2.24) is 0 Å². The van der Waals surface area contributed by atoms with Crippen LogP contribution in [0.4, 0.5) is 5.69 Å². The fourth-order valence-corrected chi connectivity index (χ4v) is 1.26. The third-order valence-corrected chi connectivity index (χ3v) is 2.14. The highest BCUT2D eigenvalue weighted by atomic mass is 16.5. The molecule has 0 heterocycles. The Bertz CT molecular complexity index is 391. The van der Waals surface area contributed by atoms with E-state index in [1.165, 1.54) is 6.92 Å². The standard InChI is InChI=1S/C13H20N2O2/c1-11(16)14-12-6-5-7-13(10-12)17-9-8-15(2,3)4/h5-7,10H,8-9H2,1-4H3. The zero-order chi connectivity index (χ0) is 12.9. The van der Waals surface area contributed by atoms with E-state index in [1.807, 2.05) is 12.1 Å². The van der Waals surface area contributed by atoms with Gasteiger partial charge in [0.25, 0.3) is 0 Å². The van der Waals surface area contributed by atoms with Crippen LogP contribution in [-0.4, -0.2) is 44.7 Å². The Morgan fingerprint density at radius 2 is 2.06 bits per heavy atom. The van der Waals surface area contributed by atoms with E-state index in [9.17, 15) is 5.11 Å². The predicted octanol–water partition coefficient (Wildman–Crippen LogP) is 1.18. The lowest BCUT2D eigenvalue weighted by Gasteiger charge is -2.23. The molecule has 0 unspecified atom stereocenters. The summed E-state index contributed by atoms with van der Waals surface area (Å²) in [5, 5.41) is 10.9. The molecule has 0 aliphatic heterocycles. The van der Waals surface area contributed by atoms with Crippen LogP contribution in [0.2, 0.25) is 0 Å². The lowest BCUT2D eigenvalue weighted by Crippen LogP contribution is -2.38. The van der Waals surface area contributed by atoms with Crippen LogP contribution in [0.3, 0.4) is 0 Å². The van der Waals surface area contributed by atoms with Crippen molar-refractivity contribution >= 4 is 11.6 Å². The van der Waals surface area contributed by atoms with Crippen LogP contribution >= 0.6 is 0 Å². The second kappa shape index (κ2) is 5.68. The van der Waals surface area contributed by atoms with E-state index in [0.29, 0.717) is 12.3 Å². The summed E-state index contributed by atoms with van der Waals surface area (Å²) in [5.74, 6) is 0.550. The highest BCUT2D eigenvalue weighted by molar-refractivity contribution is 5.72. The monoisotopic (exact) mass is 236 g/mol. The molecule has 0 atom stereocenters. The summed E-state index contributed by atoms with van der Waals surface area (Å²) in [6.07, 6.45) is 0. The van der Waals surface area contributed by atoms with Crippen molar-refractivity contribution < 1.29 is 14.3 Å². The topological polar surface area (TPSA) is 44.7 Å². The molecule has 1 aromatic carbocycles. The highest BCUT2D eigenvalue weighted by Gasteiger charge is 2.06. The molecule has 4 nitrogen and oxygen atoms in total. The summed E-state index contributed by atoms with van der Waals surface area (Å²) in [4.78, 5) is 3.85. The SMILES string of the molecule is CC([O-])=Nc1cccc(OCC[N+](C)(C)C)c1. The van der Waals surface area contributed by atoms with E-state index < -0.39 is 0 Å². The molecule has 0 radical (unpaired) electrons. The number of quaternary nitrogens is 1. The van der Waals surface area contributed by atoms with E-state index in [-0.39, 0.29) is 5.90 Å². The molecule has 0 spiro atoms. The molecule has 0 saturated heterocycles. The summed E-state index contributed by atoms with van der Waals surface area (Å²) in [5.41, 5.74) is 0.639. The zero-order valence-electron chi connectivity index (χ0n) is 10.9. The van der Waals surface area contributed by atoms with Crippen LogP contribution in [0.1, 0.15) is 6.92 Å². The summed E-state index contributed by atoms with van der Waals surface area (Å²) in [6.45, 7) is 3.01. The Morgan fingerprint density at radius 1 is 1.35 bits per heavy atom. The molecule has 1 rings (SSSR count). The molecule has 94 valence electrons. The summed E-state index contributed by atoms with van der Waals surface area (Å²) < 4.78 is 6.48. The lowest BCUT2D eigenvalue weighted by atomic mass is 10.3. The van der Waals surface area contributed by atoms with Crippen molar-refractivity contribution in [3.05, 3.63) is 24.3 Å². The molecule has 0 aliphatic rings. The van der Waals surface area contributed by atoms with Gasteiger partial charge in [-0.1, -0.05) is 6.07 Å². The van der Waals surface area contributed by atoms with Gasteiger partial charge in [0.15, 0.2) is 0 Å². The molecule has 1 aromatic rings. The Labute approximate surface area is 103 Å². The first-order valence-electron chi connectivity index (χ1n) is 5.62. The van der Waals surface area contributed by atoms with Gasteiger partial charge in [0.05, 0.1) is 26.8 Å². The van der Waals surface area contributed by atoms with Gasteiger partial charge in [-0.15, -0.1) is 0 Å². The summed E-state index contributed by atoms with van der Waals surface area (Å²) >= 11 is 0. The van der Waals surface area contributed by atoms with Crippen LogP contribution in [0.15, 0.2) is 29.3 Å². The fourth-order valence-electron chi connectivity index (χ4n) is 1.26. The summed E-state index contributed by atoms with van der Waals surface area (Å²) in [6, 6.07) is 7.27. The van der Waals surface area contributed by atoms with Gasteiger partial charge in [-0.05, 0) is 25.0 Å². The maximum atomic E-state index is 10.9. The maximum Gasteiger partial charge on any atom is 0.137 e. The lowest BCUT2D eigenvalue weighted by molar-refractivity contribution is -0.870. The fraction of sp³-hybridized carbons (Fsp3) is 0.462. The van der Waals surface area contributed by atoms with Crippen LogP contribution in [0.25, 0.3) is 0 Å². The number of hydrogen-bond donors (Lipinski definition) is 0. The molecule has 4 heteroatoms. The predicted molar refractivity (Wildman–Crippen MR) is 67.6 cm³/mol. The van der Waals surface area contributed by atoms with E-state index in [4.69, 9.17) is 4.74 Å². The van der Waals surface area contributed by atoms with Gasteiger partial charge in [-0.25, -0.2) is 0 Å². The van der Waals surface area contributed by atoms with Gasteiger partial charge in [0.2, 0.25) is 0 Å². The van der Waals surface area contributed by atoms with Crippen molar-refractivity contribution in [3.63, 3.8) is 0 Å². The van der Waals surface area contributed by atoms with Crippen molar-refractivity contribution in [1.29, 1.82) is 0 Å². The van der Waals surface area contributed by atoms with Crippen molar-refractivity contribution in [3.8, 4) is 5.75 Å². The Balaban J connectivity index is 2.58. The Morgan fingerprint density at radius 3 is 2.65 bits per heavy atom. The number of benzene rings is 1.